The highest BCUT2D eigenvalue weighted by atomic mass is 33.1. The second kappa shape index (κ2) is 10.9. The third kappa shape index (κ3) is 14.4. The molecule has 0 heterocycles. The summed E-state index contributed by atoms with van der Waals surface area (Å²) in [6, 6.07) is 0. The van der Waals surface area contributed by atoms with Crippen LogP contribution in [-0.2, 0) is 4.79 Å². The highest BCUT2D eigenvalue weighted by Gasteiger charge is 2.02. The first-order valence-electron chi connectivity index (χ1n) is 4.08. The molecule has 0 aromatic carbocycles. The molecule has 5 heteroatoms. The van der Waals surface area contributed by atoms with Gasteiger partial charge in [-0.25, -0.2) is 4.79 Å². The van der Waals surface area contributed by atoms with Crippen LogP contribution in [0.5, 0.6) is 0 Å². The summed E-state index contributed by atoms with van der Waals surface area (Å²) in [5.41, 5.74) is 0.272. The lowest BCUT2D eigenvalue weighted by molar-refractivity contribution is -0.132. The summed E-state index contributed by atoms with van der Waals surface area (Å²) >= 11 is 0. The second-order valence-corrected chi connectivity index (χ2v) is 5.46. The molecule has 0 spiro atoms. The van der Waals surface area contributed by atoms with Gasteiger partial charge < -0.3 is 10.0 Å². The van der Waals surface area contributed by atoms with Crippen molar-refractivity contribution in [2.75, 3.05) is 33.2 Å². The molecular weight excluding hydrogens is 218 g/mol. The van der Waals surface area contributed by atoms with Gasteiger partial charge in [0, 0.05) is 12.1 Å². The molecule has 3 nitrogen and oxygen atoms in total. The number of carbonyl (C=O) groups is 1. The third-order valence-corrected chi connectivity index (χ3v) is 2.66. The average molecular weight is 237 g/mol. The summed E-state index contributed by atoms with van der Waals surface area (Å²) < 4.78 is 0. The molecule has 0 saturated heterocycles. The molecule has 0 aliphatic heterocycles. The molecule has 1 N–H and O–H groups in total. The van der Waals surface area contributed by atoms with Crippen LogP contribution in [0.4, 0.5) is 0 Å². The number of carboxylic acids is 1. The van der Waals surface area contributed by atoms with E-state index in [1.807, 2.05) is 19.0 Å². The first-order chi connectivity index (χ1) is 6.45. The van der Waals surface area contributed by atoms with Gasteiger partial charge in [-0.2, -0.15) is 0 Å². The molecule has 0 bridgehead atoms. The highest BCUT2D eigenvalue weighted by Crippen LogP contribution is 2.09. The molecule has 0 aliphatic rings. The Balaban J connectivity index is 0. The molecular formula is C9H19NO2S2. The normalized spacial score (nSPS) is 9.21. The summed E-state index contributed by atoms with van der Waals surface area (Å²) in [6.45, 7) is 4.14. The fourth-order valence-corrected chi connectivity index (χ4v) is 0.465. The van der Waals surface area contributed by atoms with Gasteiger partial charge >= 0.3 is 5.97 Å². The van der Waals surface area contributed by atoms with E-state index in [1.54, 1.807) is 21.6 Å². The first kappa shape index (κ1) is 16.3. The predicted molar refractivity (Wildman–Crippen MR) is 67.0 cm³/mol. The second-order valence-electron chi connectivity index (χ2n) is 2.80. The maximum Gasteiger partial charge on any atom is 0.331 e. The molecule has 0 atom stereocenters. The van der Waals surface area contributed by atoms with E-state index < -0.39 is 5.97 Å². The lowest BCUT2D eigenvalue weighted by Gasteiger charge is -2.07. The maximum absolute atomic E-state index is 10.2. The largest absolute Gasteiger partial charge is 0.478 e. The summed E-state index contributed by atoms with van der Waals surface area (Å²) in [6.07, 6.45) is 4.65. The van der Waals surface area contributed by atoms with Crippen molar-refractivity contribution in [1.82, 2.24) is 4.90 Å². The van der Waals surface area contributed by atoms with Crippen molar-refractivity contribution in [2.45, 2.75) is 6.42 Å². The van der Waals surface area contributed by atoms with Crippen molar-refractivity contribution in [3.05, 3.63) is 12.2 Å². The van der Waals surface area contributed by atoms with Gasteiger partial charge in [-0.05, 0) is 33.0 Å². The van der Waals surface area contributed by atoms with E-state index in [4.69, 9.17) is 5.11 Å². The van der Waals surface area contributed by atoms with E-state index in [0.29, 0.717) is 6.42 Å². The van der Waals surface area contributed by atoms with Gasteiger partial charge in [0.1, 0.15) is 0 Å². The van der Waals surface area contributed by atoms with E-state index in [-0.39, 0.29) is 5.57 Å². The lowest BCUT2D eigenvalue weighted by atomic mass is 10.2. The topological polar surface area (TPSA) is 40.5 Å². The fourth-order valence-electron chi connectivity index (χ4n) is 0.465. The summed E-state index contributed by atoms with van der Waals surface area (Å²) in [4.78, 5) is 12.1. The summed E-state index contributed by atoms with van der Waals surface area (Å²) in [5.74, 6) is -0.901. The first-order valence-corrected chi connectivity index (χ1v) is 7.04. The molecule has 0 aromatic heterocycles. The zero-order valence-electron chi connectivity index (χ0n) is 9.24. The standard InChI is InChI=1S/C7H13NO2.C2H6S2/c1-6(7(9)10)4-5-8(2)3;1-3-4-2/h1,4-5H2,2-3H3,(H,9,10);1-2H3. The van der Waals surface area contributed by atoms with E-state index in [1.165, 1.54) is 0 Å². The molecule has 84 valence electrons. The third-order valence-electron chi connectivity index (χ3n) is 1.33. The van der Waals surface area contributed by atoms with Gasteiger partial charge in [0.05, 0.1) is 0 Å². The van der Waals surface area contributed by atoms with Crippen molar-refractivity contribution in [1.29, 1.82) is 0 Å². The Morgan fingerprint density at radius 2 is 1.79 bits per heavy atom. The number of hydrogen-bond acceptors (Lipinski definition) is 4. The van der Waals surface area contributed by atoms with Gasteiger partial charge in [-0.1, -0.05) is 28.2 Å². The van der Waals surface area contributed by atoms with Crippen LogP contribution >= 0.6 is 21.6 Å². The summed E-state index contributed by atoms with van der Waals surface area (Å²) in [5, 5.41) is 8.38. The van der Waals surface area contributed by atoms with E-state index in [2.05, 4.69) is 19.1 Å². The zero-order chi connectivity index (χ0) is 11.6. The molecule has 0 amide bonds. The Morgan fingerprint density at radius 1 is 1.36 bits per heavy atom. The van der Waals surface area contributed by atoms with E-state index in [0.717, 1.165) is 6.54 Å². The average Bonchev–Trinajstić information content (AvgIpc) is 2.14. The van der Waals surface area contributed by atoms with Crippen molar-refractivity contribution in [3.8, 4) is 0 Å². The monoisotopic (exact) mass is 237 g/mol. The van der Waals surface area contributed by atoms with E-state index in [9.17, 15) is 4.79 Å². The number of rotatable bonds is 5. The molecule has 0 fully saturated rings. The van der Waals surface area contributed by atoms with Crippen LogP contribution in [0.15, 0.2) is 12.2 Å². The van der Waals surface area contributed by atoms with Crippen molar-refractivity contribution < 1.29 is 9.90 Å². The van der Waals surface area contributed by atoms with Crippen molar-refractivity contribution in [3.63, 3.8) is 0 Å². The van der Waals surface area contributed by atoms with Gasteiger partial charge in [-0.3, -0.25) is 0 Å². The Kier molecular flexibility index (Phi) is 12.8. The van der Waals surface area contributed by atoms with E-state index >= 15 is 0 Å². The predicted octanol–water partition coefficient (Wildman–Crippen LogP) is 2.21. The SMILES string of the molecule is C=C(CCN(C)C)C(=O)O.CSSC. The molecule has 0 aromatic rings. The smallest absolute Gasteiger partial charge is 0.331 e. The van der Waals surface area contributed by atoms with Crippen LogP contribution in [0.2, 0.25) is 0 Å². The number of nitrogens with zero attached hydrogens (tertiary/aromatic N) is 1. The molecule has 0 saturated carbocycles. The van der Waals surface area contributed by atoms with Gasteiger partial charge in [-0.15, -0.1) is 0 Å². The highest BCUT2D eigenvalue weighted by molar-refractivity contribution is 8.76. The molecule has 0 radical (unpaired) electrons. The van der Waals surface area contributed by atoms with Gasteiger partial charge in [0.25, 0.3) is 0 Å². The minimum Gasteiger partial charge on any atom is -0.478 e. The Morgan fingerprint density at radius 3 is 2.00 bits per heavy atom. The Hall–Kier alpha value is -0.130. The molecule has 0 rings (SSSR count). The maximum atomic E-state index is 10.2. The summed E-state index contributed by atoms with van der Waals surface area (Å²) in [7, 11) is 7.34. The number of aliphatic carboxylic acids is 1. The zero-order valence-corrected chi connectivity index (χ0v) is 10.9. The fraction of sp³-hybridized carbons (Fsp3) is 0.667. The number of hydrogen-bond donors (Lipinski definition) is 1. The molecule has 14 heavy (non-hydrogen) atoms. The van der Waals surface area contributed by atoms with Crippen LogP contribution in [0.1, 0.15) is 6.42 Å². The Labute approximate surface area is 94.3 Å². The van der Waals surface area contributed by atoms with Crippen LogP contribution < -0.4 is 0 Å². The molecule has 0 aliphatic carbocycles. The van der Waals surface area contributed by atoms with Crippen LogP contribution in [-0.4, -0.2) is 49.1 Å². The minimum atomic E-state index is -0.901. The molecule has 0 unspecified atom stereocenters. The van der Waals surface area contributed by atoms with Gasteiger partial charge in [0.15, 0.2) is 0 Å². The quantitative estimate of drug-likeness (QED) is 0.586. The van der Waals surface area contributed by atoms with Crippen LogP contribution in [0.3, 0.4) is 0 Å². The van der Waals surface area contributed by atoms with Crippen LogP contribution in [0.25, 0.3) is 0 Å². The minimum absolute atomic E-state index is 0.272. The van der Waals surface area contributed by atoms with Crippen molar-refractivity contribution in [2.24, 2.45) is 0 Å². The number of carboxylic acid groups (broad SMARTS) is 1. The van der Waals surface area contributed by atoms with Gasteiger partial charge in [0.2, 0.25) is 0 Å². The van der Waals surface area contributed by atoms with Crippen LogP contribution in [0, 0.1) is 0 Å². The Bertz CT molecular complexity index is 170. The van der Waals surface area contributed by atoms with Crippen molar-refractivity contribution >= 4 is 27.6 Å². The lowest BCUT2D eigenvalue weighted by Crippen LogP contribution is -2.15.